The van der Waals surface area contributed by atoms with Gasteiger partial charge in [-0.2, -0.15) is 0 Å². The van der Waals surface area contributed by atoms with Crippen LogP contribution in [0, 0.1) is 0 Å². The second kappa shape index (κ2) is 2.99. The fourth-order valence-corrected chi connectivity index (χ4v) is 1.24. The van der Waals surface area contributed by atoms with Crippen LogP contribution in [-0.4, -0.2) is 4.98 Å². The molecule has 0 aliphatic heterocycles. The molecule has 0 aliphatic rings. The maximum absolute atomic E-state index is 7.28. The molecule has 0 fully saturated rings. The molecule has 0 amide bonds. The first-order valence-corrected chi connectivity index (χ1v) is 3.98. The average Bonchev–Trinajstić information content (AvgIpc) is 1.97. The van der Waals surface area contributed by atoms with Crippen molar-refractivity contribution < 1.29 is 2.74 Å². The smallest absolute Gasteiger partial charge is 0.125 e. The Labute approximate surface area is 77.5 Å². The summed E-state index contributed by atoms with van der Waals surface area (Å²) in [5.74, 6) is 0. The molecule has 1 rings (SSSR count). The van der Waals surface area contributed by atoms with Gasteiger partial charge in [0.25, 0.3) is 0 Å². The summed E-state index contributed by atoms with van der Waals surface area (Å²) < 4.78 is 15.2. The third kappa shape index (κ3) is 1.66. The van der Waals surface area contributed by atoms with E-state index in [1.165, 1.54) is 0 Å². The molecule has 0 radical (unpaired) electrons. The lowest BCUT2D eigenvalue weighted by molar-refractivity contribution is 1.27. The molecule has 0 aromatic carbocycles. The monoisotopic (exact) mass is 271 g/mol. The molecular weight excluding hydrogens is 269 g/mol. The first-order valence-electron chi connectivity index (χ1n) is 3.01. The minimum Gasteiger partial charge on any atom is -0.248 e. The lowest BCUT2D eigenvalue weighted by Crippen LogP contribution is -1.75. The van der Waals surface area contributed by atoms with E-state index in [9.17, 15) is 0 Å². The molecule has 0 N–H and O–H groups in total. The second-order valence-corrected chi connectivity index (χ2v) is 3.19. The molecular formula is C5H2Br2ClN. The highest BCUT2D eigenvalue weighted by molar-refractivity contribution is 9.11. The first kappa shape index (κ1) is 5.10. The Morgan fingerprint density at radius 3 is 3.00 bits per heavy atom. The van der Waals surface area contributed by atoms with Gasteiger partial charge in [-0.1, -0.05) is 11.6 Å². The summed E-state index contributed by atoms with van der Waals surface area (Å²) in [5, 5.41) is 0.325. The van der Waals surface area contributed by atoms with Crippen molar-refractivity contribution in [3.8, 4) is 0 Å². The molecule has 1 aromatic rings. The van der Waals surface area contributed by atoms with Crippen LogP contribution in [-0.2, 0) is 0 Å². The largest absolute Gasteiger partial charge is 0.248 e. The van der Waals surface area contributed by atoms with E-state index in [-0.39, 0.29) is 12.2 Å². The Hall–Kier alpha value is 0.400. The number of rotatable bonds is 0. The zero-order chi connectivity index (χ0) is 8.59. The molecule has 0 atom stereocenters. The van der Waals surface area contributed by atoms with Crippen LogP contribution < -0.4 is 0 Å². The maximum atomic E-state index is 7.28. The third-order valence-electron chi connectivity index (χ3n) is 0.694. The van der Waals surface area contributed by atoms with Gasteiger partial charge < -0.3 is 0 Å². The number of hydrogen-bond acceptors (Lipinski definition) is 1. The quantitative estimate of drug-likeness (QED) is 0.661. The standard InChI is InChI=1S/C5H2Br2ClN/c6-3-1-2-9-5(7)4(3)8/h1-2H/i1D,2D. The van der Waals surface area contributed by atoms with Gasteiger partial charge in [0.15, 0.2) is 0 Å². The van der Waals surface area contributed by atoms with E-state index in [1.54, 1.807) is 0 Å². The molecule has 48 valence electrons. The SMILES string of the molecule is [2H]c1nc(Br)c(Cl)c(Br)c1[2H]. The molecule has 9 heavy (non-hydrogen) atoms. The number of hydrogen-bond donors (Lipinski definition) is 0. The van der Waals surface area contributed by atoms with Crippen LogP contribution in [0.15, 0.2) is 21.3 Å². The van der Waals surface area contributed by atoms with Crippen LogP contribution in [0.5, 0.6) is 0 Å². The van der Waals surface area contributed by atoms with Gasteiger partial charge in [-0.3, -0.25) is 0 Å². The summed E-state index contributed by atoms with van der Waals surface area (Å²) in [7, 11) is 0. The molecule has 1 heterocycles. The molecule has 0 saturated heterocycles. The van der Waals surface area contributed by atoms with E-state index >= 15 is 0 Å². The molecule has 0 spiro atoms. The van der Waals surface area contributed by atoms with Crippen LogP contribution in [0.3, 0.4) is 0 Å². The van der Waals surface area contributed by atoms with Crippen LogP contribution >= 0.6 is 43.5 Å². The van der Waals surface area contributed by atoms with E-state index in [4.69, 9.17) is 14.3 Å². The van der Waals surface area contributed by atoms with Crippen LogP contribution in [0.1, 0.15) is 2.74 Å². The van der Waals surface area contributed by atoms with Crippen molar-refractivity contribution >= 4 is 43.5 Å². The van der Waals surface area contributed by atoms with Crippen molar-refractivity contribution in [1.29, 1.82) is 0 Å². The molecule has 4 heteroatoms. The number of aromatic nitrogens is 1. The van der Waals surface area contributed by atoms with Gasteiger partial charge in [-0.25, -0.2) is 4.98 Å². The Bertz CT molecular complexity index is 279. The predicted molar refractivity (Wildman–Crippen MR) is 44.6 cm³/mol. The minimum atomic E-state index is -0.104. The fraction of sp³-hybridized carbons (Fsp3) is 0. The van der Waals surface area contributed by atoms with E-state index in [0.717, 1.165) is 0 Å². The van der Waals surface area contributed by atoms with Crippen molar-refractivity contribution in [3.05, 3.63) is 26.3 Å². The molecule has 0 bridgehead atoms. The van der Waals surface area contributed by atoms with Gasteiger partial charge in [-0.15, -0.1) is 0 Å². The van der Waals surface area contributed by atoms with Crippen LogP contribution in [0.4, 0.5) is 0 Å². The number of pyridine rings is 1. The Morgan fingerprint density at radius 1 is 1.67 bits per heavy atom. The predicted octanol–water partition coefficient (Wildman–Crippen LogP) is 3.26. The van der Waals surface area contributed by atoms with Crippen molar-refractivity contribution in [1.82, 2.24) is 4.98 Å². The summed E-state index contributed by atoms with van der Waals surface area (Å²) >= 11 is 11.8. The van der Waals surface area contributed by atoms with Gasteiger partial charge in [0.2, 0.25) is 0 Å². The highest BCUT2D eigenvalue weighted by atomic mass is 79.9. The molecule has 0 aliphatic carbocycles. The van der Waals surface area contributed by atoms with Crippen molar-refractivity contribution in [2.24, 2.45) is 0 Å². The molecule has 0 unspecified atom stereocenters. The van der Waals surface area contributed by atoms with E-state index < -0.39 is 0 Å². The van der Waals surface area contributed by atoms with Gasteiger partial charge in [0.1, 0.15) is 4.60 Å². The van der Waals surface area contributed by atoms with E-state index in [2.05, 4.69) is 36.8 Å². The van der Waals surface area contributed by atoms with Crippen LogP contribution in [0.25, 0.3) is 0 Å². The van der Waals surface area contributed by atoms with E-state index in [1.807, 2.05) is 0 Å². The Morgan fingerprint density at radius 2 is 2.33 bits per heavy atom. The molecule has 1 aromatic heterocycles. The van der Waals surface area contributed by atoms with Gasteiger partial charge in [0.05, 0.1) is 7.76 Å². The topological polar surface area (TPSA) is 12.9 Å². The summed E-state index contributed by atoms with van der Waals surface area (Å²) in [6, 6.07) is -0.00167. The third-order valence-corrected chi connectivity index (χ3v) is 2.69. The van der Waals surface area contributed by atoms with Gasteiger partial charge in [0, 0.05) is 10.6 Å². The highest BCUT2D eigenvalue weighted by Gasteiger charge is 1.99. The number of halogens is 3. The second-order valence-electron chi connectivity index (χ2n) is 1.27. The Kier molecular flexibility index (Phi) is 1.70. The fourth-order valence-electron chi connectivity index (χ4n) is 0.321. The summed E-state index contributed by atoms with van der Waals surface area (Å²) in [4.78, 5) is 3.67. The lowest BCUT2D eigenvalue weighted by atomic mass is 10.5. The lowest BCUT2D eigenvalue weighted by Gasteiger charge is -1.94. The molecule has 0 saturated carbocycles. The number of nitrogens with zero attached hydrogens (tertiary/aromatic N) is 1. The first-order chi connectivity index (χ1) is 5.04. The normalized spacial score (nSPS) is 12.8. The van der Waals surface area contributed by atoms with Crippen molar-refractivity contribution in [3.63, 3.8) is 0 Å². The molecule has 1 nitrogen and oxygen atoms in total. The van der Waals surface area contributed by atoms with Gasteiger partial charge >= 0.3 is 0 Å². The zero-order valence-corrected chi connectivity index (χ0v) is 8.01. The van der Waals surface area contributed by atoms with Gasteiger partial charge in [-0.05, 0) is 37.9 Å². The van der Waals surface area contributed by atoms with Crippen molar-refractivity contribution in [2.75, 3.05) is 0 Å². The van der Waals surface area contributed by atoms with E-state index in [0.29, 0.717) is 14.1 Å². The Balaban J connectivity index is 3.46. The van der Waals surface area contributed by atoms with Crippen molar-refractivity contribution in [2.45, 2.75) is 0 Å². The van der Waals surface area contributed by atoms with Crippen LogP contribution in [0.2, 0.25) is 5.02 Å². The summed E-state index contributed by atoms with van der Waals surface area (Å²) in [6.45, 7) is 0. The highest BCUT2D eigenvalue weighted by Crippen LogP contribution is 2.27. The summed E-state index contributed by atoms with van der Waals surface area (Å²) in [5.41, 5.74) is 0. The zero-order valence-electron chi connectivity index (χ0n) is 6.08. The maximum Gasteiger partial charge on any atom is 0.125 e. The minimum absolute atomic E-state index is 0.00167. The summed E-state index contributed by atoms with van der Waals surface area (Å²) in [6.07, 6.45) is -0.104. The average molecular weight is 273 g/mol.